The predicted molar refractivity (Wildman–Crippen MR) is 70.4 cm³/mol. The van der Waals surface area contributed by atoms with Crippen LogP contribution in [-0.2, 0) is 10.3 Å². The van der Waals surface area contributed by atoms with Gasteiger partial charge in [-0.05, 0) is 24.1 Å². The first-order chi connectivity index (χ1) is 8.18. The normalized spacial score (nSPS) is 14.6. The maximum Gasteiger partial charge on any atom is 0.0667 e. The molecule has 0 heterocycles. The van der Waals surface area contributed by atoms with Gasteiger partial charge in [0.05, 0.1) is 18.8 Å². The molecule has 0 saturated heterocycles. The lowest BCUT2D eigenvalue weighted by molar-refractivity contribution is 0.134. The van der Waals surface area contributed by atoms with E-state index >= 15 is 0 Å². The number of aliphatic hydroxyl groups excluding tert-OH is 1. The molecule has 0 amide bonds. The molecule has 0 aliphatic carbocycles. The molecule has 0 spiro atoms. The van der Waals surface area contributed by atoms with Crippen molar-refractivity contribution in [2.75, 3.05) is 26.9 Å². The van der Waals surface area contributed by atoms with Crippen LogP contribution >= 0.6 is 11.6 Å². The summed E-state index contributed by atoms with van der Waals surface area (Å²) in [6.45, 7) is 3.42. The Morgan fingerprint density at radius 1 is 1.35 bits per heavy atom. The number of rotatable bonds is 7. The van der Waals surface area contributed by atoms with Crippen LogP contribution in [0.25, 0.3) is 0 Å². The zero-order valence-corrected chi connectivity index (χ0v) is 11.1. The van der Waals surface area contributed by atoms with Crippen LogP contribution in [0.5, 0.6) is 0 Å². The summed E-state index contributed by atoms with van der Waals surface area (Å²) in [6.07, 6.45) is 0.800. The summed E-state index contributed by atoms with van der Waals surface area (Å²) in [7, 11) is 1.66. The molecule has 1 atom stereocenters. The fourth-order valence-corrected chi connectivity index (χ4v) is 1.98. The van der Waals surface area contributed by atoms with E-state index in [0.717, 1.165) is 12.0 Å². The Hall–Kier alpha value is -0.610. The minimum absolute atomic E-state index is 0.0504. The van der Waals surface area contributed by atoms with Gasteiger partial charge in [0.1, 0.15) is 0 Å². The molecule has 0 fully saturated rings. The zero-order valence-electron chi connectivity index (χ0n) is 10.4. The van der Waals surface area contributed by atoms with E-state index in [2.05, 4.69) is 5.32 Å². The van der Waals surface area contributed by atoms with Crippen molar-refractivity contribution in [1.29, 1.82) is 0 Å². The molecule has 0 bridgehead atoms. The van der Waals surface area contributed by atoms with Crippen molar-refractivity contribution in [3.63, 3.8) is 0 Å². The standard InChI is InChI=1S/C13H20ClNO2/c1-3-13(10-16,15-8-9-17-2)11-4-6-12(14)7-5-11/h4-7,15-16H,3,8-10H2,1-2H3. The van der Waals surface area contributed by atoms with Crippen molar-refractivity contribution in [3.05, 3.63) is 34.9 Å². The van der Waals surface area contributed by atoms with E-state index in [0.29, 0.717) is 18.2 Å². The van der Waals surface area contributed by atoms with Crippen molar-refractivity contribution in [2.45, 2.75) is 18.9 Å². The van der Waals surface area contributed by atoms with Crippen LogP contribution in [0, 0.1) is 0 Å². The minimum Gasteiger partial charge on any atom is -0.394 e. The molecule has 1 rings (SSSR count). The van der Waals surface area contributed by atoms with Crippen molar-refractivity contribution in [1.82, 2.24) is 5.32 Å². The number of hydrogen-bond donors (Lipinski definition) is 2. The van der Waals surface area contributed by atoms with Gasteiger partial charge >= 0.3 is 0 Å². The van der Waals surface area contributed by atoms with Gasteiger partial charge in [0.25, 0.3) is 0 Å². The van der Waals surface area contributed by atoms with Crippen molar-refractivity contribution >= 4 is 11.6 Å². The number of nitrogens with one attached hydrogen (secondary N) is 1. The smallest absolute Gasteiger partial charge is 0.0667 e. The van der Waals surface area contributed by atoms with Crippen molar-refractivity contribution in [2.24, 2.45) is 0 Å². The largest absolute Gasteiger partial charge is 0.394 e. The number of aliphatic hydroxyl groups is 1. The summed E-state index contributed by atoms with van der Waals surface area (Å²) in [4.78, 5) is 0. The molecule has 0 aliphatic heterocycles. The first-order valence-electron chi connectivity index (χ1n) is 5.79. The average Bonchev–Trinajstić information content (AvgIpc) is 2.37. The Morgan fingerprint density at radius 3 is 2.47 bits per heavy atom. The Morgan fingerprint density at radius 2 is 2.00 bits per heavy atom. The van der Waals surface area contributed by atoms with E-state index in [9.17, 15) is 5.11 Å². The number of benzene rings is 1. The van der Waals surface area contributed by atoms with Crippen LogP contribution in [-0.4, -0.2) is 32.0 Å². The summed E-state index contributed by atoms with van der Waals surface area (Å²) >= 11 is 5.87. The SMILES string of the molecule is CCC(CO)(NCCOC)c1ccc(Cl)cc1. The van der Waals surface area contributed by atoms with Gasteiger partial charge < -0.3 is 15.2 Å². The highest BCUT2D eigenvalue weighted by molar-refractivity contribution is 6.30. The third kappa shape index (κ3) is 3.68. The van der Waals surface area contributed by atoms with Crippen LogP contribution in [0.15, 0.2) is 24.3 Å². The van der Waals surface area contributed by atoms with E-state index in [1.54, 1.807) is 7.11 Å². The van der Waals surface area contributed by atoms with Crippen LogP contribution in [0.4, 0.5) is 0 Å². The van der Waals surface area contributed by atoms with Gasteiger partial charge in [-0.3, -0.25) is 0 Å². The van der Waals surface area contributed by atoms with Crippen LogP contribution < -0.4 is 5.32 Å². The number of methoxy groups -OCH3 is 1. The highest BCUT2D eigenvalue weighted by Crippen LogP contribution is 2.25. The summed E-state index contributed by atoms with van der Waals surface area (Å²) < 4.78 is 5.02. The monoisotopic (exact) mass is 257 g/mol. The lowest BCUT2D eigenvalue weighted by Gasteiger charge is -2.32. The second-order valence-corrected chi connectivity index (χ2v) is 4.46. The predicted octanol–water partition coefficient (Wildman–Crippen LogP) is 2.17. The Balaban J connectivity index is 2.85. The van der Waals surface area contributed by atoms with E-state index in [-0.39, 0.29) is 6.61 Å². The lowest BCUT2D eigenvalue weighted by Crippen LogP contribution is -2.46. The molecule has 3 nitrogen and oxygen atoms in total. The zero-order chi connectivity index (χ0) is 12.7. The minimum atomic E-state index is -0.414. The molecular formula is C13H20ClNO2. The van der Waals surface area contributed by atoms with E-state index in [1.165, 1.54) is 0 Å². The number of ether oxygens (including phenoxy) is 1. The summed E-state index contributed by atoms with van der Waals surface area (Å²) in [6, 6.07) is 7.58. The fourth-order valence-electron chi connectivity index (χ4n) is 1.85. The first-order valence-corrected chi connectivity index (χ1v) is 6.17. The van der Waals surface area contributed by atoms with E-state index < -0.39 is 5.54 Å². The Labute approximate surface area is 108 Å². The van der Waals surface area contributed by atoms with Gasteiger partial charge in [-0.25, -0.2) is 0 Å². The third-order valence-corrected chi connectivity index (χ3v) is 3.29. The average molecular weight is 258 g/mol. The van der Waals surface area contributed by atoms with Crippen molar-refractivity contribution in [3.8, 4) is 0 Å². The summed E-state index contributed by atoms with van der Waals surface area (Å²) in [5.74, 6) is 0. The molecule has 0 radical (unpaired) electrons. The highest BCUT2D eigenvalue weighted by Gasteiger charge is 2.28. The van der Waals surface area contributed by atoms with Crippen LogP contribution in [0.2, 0.25) is 5.02 Å². The Bertz CT molecular complexity index is 323. The quantitative estimate of drug-likeness (QED) is 0.736. The Kier molecular flexibility index (Phi) is 5.92. The van der Waals surface area contributed by atoms with E-state index in [4.69, 9.17) is 16.3 Å². The van der Waals surface area contributed by atoms with Gasteiger partial charge in [-0.1, -0.05) is 30.7 Å². The van der Waals surface area contributed by atoms with E-state index in [1.807, 2.05) is 31.2 Å². The molecule has 96 valence electrons. The van der Waals surface area contributed by atoms with Gasteiger partial charge in [0, 0.05) is 18.7 Å². The molecule has 17 heavy (non-hydrogen) atoms. The number of hydrogen-bond acceptors (Lipinski definition) is 3. The van der Waals surface area contributed by atoms with Gasteiger partial charge in [0.15, 0.2) is 0 Å². The van der Waals surface area contributed by atoms with Gasteiger partial charge in [-0.2, -0.15) is 0 Å². The molecule has 0 aromatic heterocycles. The lowest BCUT2D eigenvalue weighted by atomic mass is 9.88. The molecular weight excluding hydrogens is 238 g/mol. The molecule has 1 unspecified atom stereocenters. The summed E-state index contributed by atoms with van der Waals surface area (Å²) in [5, 5.41) is 13.7. The summed E-state index contributed by atoms with van der Waals surface area (Å²) in [5.41, 5.74) is 0.631. The molecule has 4 heteroatoms. The molecule has 0 saturated carbocycles. The van der Waals surface area contributed by atoms with Crippen molar-refractivity contribution < 1.29 is 9.84 Å². The van der Waals surface area contributed by atoms with Crippen LogP contribution in [0.3, 0.4) is 0 Å². The molecule has 1 aromatic carbocycles. The van der Waals surface area contributed by atoms with Gasteiger partial charge in [-0.15, -0.1) is 0 Å². The third-order valence-electron chi connectivity index (χ3n) is 3.04. The molecule has 1 aromatic rings. The second-order valence-electron chi connectivity index (χ2n) is 4.02. The topological polar surface area (TPSA) is 41.5 Å². The fraction of sp³-hybridized carbons (Fsp3) is 0.538. The maximum absolute atomic E-state index is 9.66. The maximum atomic E-state index is 9.66. The second kappa shape index (κ2) is 6.97. The first kappa shape index (κ1) is 14.5. The molecule has 2 N–H and O–H groups in total. The highest BCUT2D eigenvalue weighted by atomic mass is 35.5. The number of halogens is 1. The molecule has 0 aliphatic rings. The van der Waals surface area contributed by atoms with Crippen LogP contribution in [0.1, 0.15) is 18.9 Å². The van der Waals surface area contributed by atoms with Gasteiger partial charge in [0.2, 0.25) is 0 Å².